The van der Waals surface area contributed by atoms with Gasteiger partial charge in [-0.3, -0.25) is 0 Å². The Morgan fingerprint density at radius 2 is 1.93 bits per heavy atom. The predicted octanol–water partition coefficient (Wildman–Crippen LogP) is 3.45. The summed E-state index contributed by atoms with van der Waals surface area (Å²) >= 11 is 6.30. The summed E-state index contributed by atoms with van der Waals surface area (Å²) in [7, 11) is 3.16. The SMILES string of the molecule is COc1ccc(NC(N)=NCc2cc(Cl)c3c(c2)OCCCO3)cc1OC. The highest BCUT2D eigenvalue weighted by atomic mass is 35.5. The number of hydrogen-bond acceptors (Lipinski definition) is 5. The molecule has 0 unspecified atom stereocenters. The minimum atomic E-state index is 0.269. The maximum atomic E-state index is 6.30. The van der Waals surface area contributed by atoms with Gasteiger partial charge >= 0.3 is 0 Å². The van der Waals surface area contributed by atoms with Crippen molar-refractivity contribution in [2.24, 2.45) is 10.7 Å². The number of nitrogens with two attached hydrogens (primary N) is 1. The molecule has 0 aromatic heterocycles. The normalized spacial score (nSPS) is 13.7. The smallest absolute Gasteiger partial charge is 0.193 e. The highest BCUT2D eigenvalue weighted by molar-refractivity contribution is 6.32. The van der Waals surface area contributed by atoms with Crippen molar-refractivity contribution < 1.29 is 18.9 Å². The van der Waals surface area contributed by atoms with Gasteiger partial charge in [0.05, 0.1) is 39.0 Å². The Hall–Kier alpha value is -2.80. The van der Waals surface area contributed by atoms with Gasteiger partial charge in [0.15, 0.2) is 29.0 Å². The highest BCUT2D eigenvalue weighted by Crippen LogP contribution is 2.38. The van der Waals surface area contributed by atoms with E-state index in [1.54, 1.807) is 26.4 Å². The molecule has 0 aliphatic carbocycles. The van der Waals surface area contributed by atoms with Crippen LogP contribution in [0.2, 0.25) is 5.02 Å². The molecule has 1 aliphatic rings. The summed E-state index contributed by atoms with van der Waals surface area (Å²) in [6.07, 6.45) is 0.820. The average Bonchev–Trinajstić information content (AvgIpc) is 2.92. The monoisotopic (exact) mass is 391 g/mol. The molecule has 27 heavy (non-hydrogen) atoms. The first-order chi connectivity index (χ1) is 13.1. The maximum Gasteiger partial charge on any atom is 0.193 e. The first-order valence-corrected chi connectivity index (χ1v) is 8.85. The van der Waals surface area contributed by atoms with Gasteiger partial charge in [-0.25, -0.2) is 4.99 Å². The van der Waals surface area contributed by atoms with Crippen LogP contribution in [-0.2, 0) is 6.54 Å². The van der Waals surface area contributed by atoms with E-state index in [9.17, 15) is 0 Å². The number of ether oxygens (including phenoxy) is 4. The minimum absolute atomic E-state index is 0.269. The van der Waals surface area contributed by atoms with Crippen LogP contribution in [-0.4, -0.2) is 33.4 Å². The Kier molecular flexibility index (Phi) is 6.13. The van der Waals surface area contributed by atoms with E-state index in [1.807, 2.05) is 18.2 Å². The van der Waals surface area contributed by atoms with Gasteiger partial charge < -0.3 is 30.0 Å². The second kappa shape index (κ2) is 8.73. The van der Waals surface area contributed by atoms with Crippen molar-refractivity contribution in [3.63, 3.8) is 0 Å². The van der Waals surface area contributed by atoms with Crippen LogP contribution < -0.4 is 30.0 Å². The van der Waals surface area contributed by atoms with Crippen molar-refractivity contribution in [1.29, 1.82) is 0 Å². The number of anilines is 1. The number of nitrogens with one attached hydrogen (secondary N) is 1. The van der Waals surface area contributed by atoms with Crippen molar-refractivity contribution in [1.82, 2.24) is 0 Å². The van der Waals surface area contributed by atoms with Gasteiger partial charge in [0.2, 0.25) is 0 Å². The molecule has 7 nitrogen and oxygen atoms in total. The number of fused-ring (bicyclic) bond motifs is 1. The molecule has 1 heterocycles. The summed E-state index contributed by atoms with van der Waals surface area (Å²) in [6.45, 7) is 1.54. The summed E-state index contributed by atoms with van der Waals surface area (Å²) in [4.78, 5) is 4.36. The van der Waals surface area contributed by atoms with Crippen LogP contribution >= 0.6 is 11.6 Å². The lowest BCUT2D eigenvalue weighted by Gasteiger charge is -2.12. The fourth-order valence-corrected chi connectivity index (χ4v) is 2.94. The molecule has 0 amide bonds. The van der Waals surface area contributed by atoms with Crippen LogP contribution in [0.15, 0.2) is 35.3 Å². The van der Waals surface area contributed by atoms with Gasteiger partial charge in [0.1, 0.15) is 0 Å². The second-order valence-corrected chi connectivity index (χ2v) is 6.26. The van der Waals surface area contributed by atoms with E-state index in [4.69, 9.17) is 36.3 Å². The van der Waals surface area contributed by atoms with Crippen LogP contribution in [0.25, 0.3) is 0 Å². The fourth-order valence-electron chi connectivity index (χ4n) is 2.65. The molecule has 0 atom stereocenters. The fraction of sp³-hybridized carbons (Fsp3) is 0.316. The number of rotatable bonds is 5. The van der Waals surface area contributed by atoms with E-state index < -0.39 is 0 Å². The van der Waals surface area contributed by atoms with Gasteiger partial charge in [-0.05, 0) is 29.8 Å². The third kappa shape index (κ3) is 4.68. The number of aliphatic imine (C=N–C) groups is 1. The van der Waals surface area contributed by atoms with E-state index in [2.05, 4.69) is 10.3 Å². The molecular formula is C19H22ClN3O4. The molecule has 3 N–H and O–H groups in total. The van der Waals surface area contributed by atoms with Crippen molar-refractivity contribution >= 4 is 23.2 Å². The minimum Gasteiger partial charge on any atom is -0.493 e. The molecule has 0 bridgehead atoms. The van der Waals surface area contributed by atoms with E-state index in [1.165, 1.54) is 0 Å². The van der Waals surface area contributed by atoms with Crippen molar-refractivity contribution in [3.8, 4) is 23.0 Å². The Bertz CT molecular complexity index is 842. The Labute approximate surface area is 163 Å². The lowest BCUT2D eigenvalue weighted by atomic mass is 10.2. The number of benzene rings is 2. The Morgan fingerprint density at radius 3 is 2.70 bits per heavy atom. The number of nitrogens with zero attached hydrogens (tertiary/aromatic N) is 1. The van der Waals surface area contributed by atoms with Gasteiger partial charge in [0.25, 0.3) is 0 Å². The molecule has 2 aromatic rings. The van der Waals surface area contributed by atoms with Crippen LogP contribution in [0.4, 0.5) is 5.69 Å². The van der Waals surface area contributed by atoms with Gasteiger partial charge in [-0.1, -0.05) is 11.6 Å². The van der Waals surface area contributed by atoms with E-state index in [0.717, 1.165) is 17.7 Å². The molecular weight excluding hydrogens is 370 g/mol. The summed E-state index contributed by atoms with van der Waals surface area (Å²) in [5.41, 5.74) is 7.61. The van der Waals surface area contributed by atoms with Crippen molar-refractivity contribution in [3.05, 3.63) is 40.9 Å². The lowest BCUT2D eigenvalue weighted by molar-refractivity contribution is 0.297. The number of methoxy groups -OCH3 is 2. The molecule has 0 saturated carbocycles. The summed E-state index contributed by atoms with van der Waals surface area (Å²) < 4.78 is 21.8. The Balaban J connectivity index is 1.71. The zero-order valence-electron chi connectivity index (χ0n) is 15.3. The molecule has 1 aliphatic heterocycles. The summed E-state index contributed by atoms with van der Waals surface area (Å²) in [5.74, 6) is 2.73. The number of guanidine groups is 1. The van der Waals surface area contributed by atoms with Crippen LogP contribution in [0, 0.1) is 0 Å². The first-order valence-electron chi connectivity index (χ1n) is 8.47. The molecule has 0 spiro atoms. The molecule has 0 fully saturated rings. The lowest BCUT2D eigenvalue weighted by Crippen LogP contribution is -2.22. The maximum absolute atomic E-state index is 6.30. The standard InChI is InChI=1S/C19H22ClN3O4/c1-24-15-5-4-13(10-16(15)25-2)23-19(21)22-11-12-8-14(20)18-17(9-12)26-6-3-7-27-18/h4-5,8-10H,3,6-7,11H2,1-2H3,(H3,21,22,23). The average molecular weight is 392 g/mol. The summed E-state index contributed by atoms with van der Waals surface area (Å²) in [6, 6.07) is 9.08. The number of hydrogen-bond donors (Lipinski definition) is 2. The molecule has 2 aromatic carbocycles. The van der Waals surface area contributed by atoms with E-state index >= 15 is 0 Å². The van der Waals surface area contributed by atoms with Crippen molar-refractivity contribution in [2.45, 2.75) is 13.0 Å². The van der Waals surface area contributed by atoms with Crippen molar-refractivity contribution in [2.75, 3.05) is 32.8 Å². The van der Waals surface area contributed by atoms with Crippen LogP contribution in [0.5, 0.6) is 23.0 Å². The molecule has 3 rings (SSSR count). The molecule has 0 saturated heterocycles. The zero-order valence-corrected chi connectivity index (χ0v) is 16.0. The third-order valence-electron chi connectivity index (χ3n) is 3.95. The largest absolute Gasteiger partial charge is 0.493 e. The van der Waals surface area contributed by atoms with E-state index in [-0.39, 0.29) is 5.96 Å². The van der Waals surface area contributed by atoms with Crippen LogP contribution in [0.3, 0.4) is 0 Å². The Morgan fingerprint density at radius 1 is 1.15 bits per heavy atom. The van der Waals surface area contributed by atoms with Gasteiger partial charge in [-0.2, -0.15) is 0 Å². The first kappa shape index (κ1) is 19.0. The van der Waals surface area contributed by atoms with Gasteiger partial charge in [-0.15, -0.1) is 0 Å². The summed E-state index contributed by atoms with van der Waals surface area (Å²) in [5, 5.41) is 3.53. The zero-order chi connectivity index (χ0) is 19.2. The van der Waals surface area contributed by atoms with E-state index in [0.29, 0.717) is 47.8 Å². The van der Waals surface area contributed by atoms with Crippen LogP contribution in [0.1, 0.15) is 12.0 Å². The molecule has 144 valence electrons. The molecule has 0 radical (unpaired) electrons. The quantitative estimate of drug-likeness (QED) is 0.599. The third-order valence-corrected chi connectivity index (χ3v) is 4.23. The topological polar surface area (TPSA) is 87.3 Å². The predicted molar refractivity (Wildman–Crippen MR) is 106 cm³/mol. The number of halogens is 1. The second-order valence-electron chi connectivity index (χ2n) is 5.85. The van der Waals surface area contributed by atoms with Gasteiger partial charge in [0, 0.05) is 18.2 Å². The highest BCUT2D eigenvalue weighted by Gasteiger charge is 2.15. The molecule has 8 heteroatoms.